The third-order valence-corrected chi connectivity index (χ3v) is 3.76. The van der Waals surface area contributed by atoms with Crippen molar-refractivity contribution >= 4 is 6.21 Å². The Hall–Kier alpha value is -1.93. The van der Waals surface area contributed by atoms with Crippen LogP contribution >= 0.6 is 0 Å². The molecular formula is C17H17NO. The van der Waals surface area contributed by atoms with E-state index >= 15 is 0 Å². The maximum atomic E-state index is 11.3. The molecular weight excluding hydrogens is 234 g/mol. The van der Waals surface area contributed by atoms with Gasteiger partial charge in [0.15, 0.2) is 0 Å². The highest BCUT2D eigenvalue weighted by Gasteiger charge is 2.40. The van der Waals surface area contributed by atoms with Crippen LogP contribution in [-0.2, 0) is 5.60 Å². The smallest absolute Gasteiger partial charge is 0.137 e. The largest absolute Gasteiger partial charge is 0.378 e. The topological polar surface area (TPSA) is 32.6 Å². The summed E-state index contributed by atoms with van der Waals surface area (Å²) in [5.41, 5.74) is 0.783. The second-order valence-corrected chi connectivity index (χ2v) is 4.92. The summed E-state index contributed by atoms with van der Waals surface area (Å²) in [6.07, 6.45) is 3.74. The van der Waals surface area contributed by atoms with E-state index in [0.717, 1.165) is 24.0 Å². The zero-order chi connectivity index (χ0) is 13.1. The Morgan fingerprint density at radius 3 is 1.84 bits per heavy atom. The van der Waals surface area contributed by atoms with Gasteiger partial charge in [0.2, 0.25) is 0 Å². The lowest BCUT2D eigenvalue weighted by atomic mass is 9.79. The molecule has 96 valence electrons. The highest BCUT2D eigenvalue weighted by molar-refractivity contribution is 5.61. The van der Waals surface area contributed by atoms with Crippen LogP contribution in [0.4, 0.5) is 0 Å². The number of hydrogen-bond donors (Lipinski definition) is 1. The van der Waals surface area contributed by atoms with E-state index < -0.39 is 5.60 Å². The van der Waals surface area contributed by atoms with Gasteiger partial charge in [0.25, 0.3) is 0 Å². The first-order chi connectivity index (χ1) is 9.32. The molecule has 2 aromatic carbocycles. The van der Waals surface area contributed by atoms with E-state index in [2.05, 4.69) is 4.99 Å². The minimum Gasteiger partial charge on any atom is -0.378 e. The molecule has 1 atom stereocenters. The Bertz CT molecular complexity index is 523. The number of nitrogens with zero attached hydrogens (tertiary/aromatic N) is 1. The predicted octanol–water partition coefficient (Wildman–Crippen LogP) is 3.16. The van der Waals surface area contributed by atoms with Crippen molar-refractivity contribution in [2.24, 2.45) is 4.99 Å². The van der Waals surface area contributed by atoms with E-state index in [4.69, 9.17) is 0 Å². The van der Waals surface area contributed by atoms with E-state index in [1.807, 2.05) is 66.9 Å². The van der Waals surface area contributed by atoms with Crippen LogP contribution in [0, 0.1) is 0 Å². The highest BCUT2D eigenvalue weighted by atomic mass is 16.3. The summed E-state index contributed by atoms with van der Waals surface area (Å²) in [5, 5.41) is 11.3. The van der Waals surface area contributed by atoms with Crippen molar-refractivity contribution in [1.82, 2.24) is 0 Å². The van der Waals surface area contributed by atoms with Crippen LogP contribution in [0.25, 0.3) is 0 Å². The van der Waals surface area contributed by atoms with Crippen molar-refractivity contribution in [2.45, 2.75) is 24.5 Å². The van der Waals surface area contributed by atoms with E-state index in [0.29, 0.717) is 0 Å². The minimum absolute atomic E-state index is 0.0997. The van der Waals surface area contributed by atoms with Crippen LogP contribution in [0.5, 0.6) is 0 Å². The molecule has 2 heteroatoms. The van der Waals surface area contributed by atoms with Gasteiger partial charge in [-0.25, -0.2) is 0 Å². The summed E-state index contributed by atoms with van der Waals surface area (Å²) in [6, 6.07) is 19.6. The third kappa shape index (κ3) is 2.08. The zero-order valence-electron chi connectivity index (χ0n) is 10.7. The normalized spacial score (nSPS) is 18.7. The average molecular weight is 251 g/mol. The number of hydrogen-bond acceptors (Lipinski definition) is 2. The molecule has 2 aromatic rings. The molecule has 0 amide bonds. The monoisotopic (exact) mass is 251 g/mol. The van der Waals surface area contributed by atoms with Gasteiger partial charge in [-0.3, -0.25) is 4.99 Å². The molecule has 0 fully saturated rings. The molecule has 1 aliphatic rings. The third-order valence-electron chi connectivity index (χ3n) is 3.76. The van der Waals surface area contributed by atoms with Crippen LogP contribution < -0.4 is 0 Å². The van der Waals surface area contributed by atoms with Gasteiger partial charge in [0.05, 0.1) is 6.04 Å². The molecule has 0 unspecified atom stereocenters. The molecule has 1 N–H and O–H groups in total. The quantitative estimate of drug-likeness (QED) is 0.893. The SMILES string of the molecule is OC(c1ccccc1)(c1ccccc1)[C@@H]1CCC=N1. The van der Waals surface area contributed by atoms with E-state index in [1.54, 1.807) is 0 Å². The van der Waals surface area contributed by atoms with E-state index in [-0.39, 0.29) is 6.04 Å². The summed E-state index contributed by atoms with van der Waals surface area (Å²) in [6.45, 7) is 0. The highest BCUT2D eigenvalue weighted by Crippen LogP contribution is 2.37. The Kier molecular flexibility index (Phi) is 3.18. The second-order valence-electron chi connectivity index (χ2n) is 4.92. The molecule has 0 bridgehead atoms. The zero-order valence-corrected chi connectivity index (χ0v) is 10.7. The summed E-state index contributed by atoms with van der Waals surface area (Å²) in [4.78, 5) is 4.49. The molecule has 0 saturated heterocycles. The minimum atomic E-state index is -1.03. The van der Waals surface area contributed by atoms with Gasteiger partial charge in [-0.1, -0.05) is 60.7 Å². The number of aliphatic imine (C=N–C) groups is 1. The van der Waals surface area contributed by atoms with Gasteiger partial charge in [-0.2, -0.15) is 0 Å². The Labute approximate surface area is 113 Å². The van der Waals surface area contributed by atoms with Crippen molar-refractivity contribution in [3.05, 3.63) is 71.8 Å². The lowest BCUT2D eigenvalue weighted by Gasteiger charge is -2.33. The maximum Gasteiger partial charge on any atom is 0.137 e. The fraction of sp³-hybridized carbons (Fsp3) is 0.235. The van der Waals surface area contributed by atoms with Gasteiger partial charge < -0.3 is 5.11 Å². The van der Waals surface area contributed by atoms with Gasteiger partial charge in [-0.15, -0.1) is 0 Å². The summed E-state index contributed by atoms with van der Waals surface area (Å²) in [5.74, 6) is 0. The van der Waals surface area contributed by atoms with Crippen LogP contribution in [0.2, 0.25) is 0 Å². The molecule has 0 aliphatic carbocycles. The van der Waals surface area contributed by atoms with Crippen LogP contribution in [0.3, 0.4) is 0 Å². The summed E-state index contributed by atoms with van der Waals surface area (Å²) in [7, 11) is 0. The Morgan fingerprint density at radius 2 is 1.42 bits per heavy atom. The standard InChI is InChI=1S/C17H17NO/c19-17(16-12-7-13-18-16,14-8-3-1-4-9-14)15-10-5-2-6-11-15/h1-6,8-11,13,16,19H,7,12H2/t16-/m0/s1. The van der Waals surface area contributed by atoms with Crippen molar-refractivity contribution in [3.63, 3.8) is 0 Å². The lowest BCUT2D eigenvalue weighted by molar-refractivity contribution is 0.0531. The van der Waals surface area contributed by atoms with Gasteiger partial charge in [0, 0.05) is 0 Å². The van der Waals surface area contributed by atoms with Crippen molar-refractivity contribution < 1.29 is 5.11 Å². The number of benzene rings is 2. The van der Waals surface area contributed by atoms with Crippen LogP contribution in [-0.4, -0.2) is 17.4 Å². The number of rotatable bonds is 3. The summed E-state index contributed by atoms with van der Waals surface area (Å²) < 4.78 is 0. The molecule has 1 heterocycles. The fourth-order valence-electron chi connectivity index (χ4n) is 2.76. The van der Waals surface area contributed by atoms with Crippen LogP contribution in [0.1, 0.15) is 24.0 Å². The Morgan fingerprint density at radius 1 is 0.895 bits per heavy atom. The molecule has 0 saturated carbocycles. The van der Waals surface area contributed by atoms with Gasteiger partial charge in [0.1, 0.15) is 5.60 Å². The molecule has 0 radical (unpaired) electrons. The average Bonchev–Trinajstić information content (AvgIpc) is 3.03. The first-order valence-electron chi connectivity index (χ1n) is 6.67. The second kappa shape index (κ2) is 4.98. The molecule has 19 heavy (non-hydrogen) atoms. The first kappa shape index (κ1) is 12.1. The van der Waals surface area contributed by atoms with Crippen molar-refractivity contribution in [3.8, 4) is 0 Å². The van der Waals surface area contributed by atoms with E-state index in [1.165, 1.54) is 0 Å². The molecule has 2 nitrogen and oxygen atoms in total. The lowest BCUT2D eigenvalue weighted by Crippen LogP contribution is -2.38. The fourth-order valence-corrected chi connectivity index (χ4v) is 2.76. The van der Waals surface area contributed by atoms with Crippen LogP contribution in [0.15, 0.2) is 65.7 Å². The Balaban J connectivity index is 2.13. The van der Waals surface area contributed by atoms with Gasteiger partial charge in [-0.05, 0) is 30.2 Å². The molecule has 3 rings (SSSR count). The van der Waals surface area contributed by atoms with Gasteiger partial charge >= 0.3 is 0 Å². The first-order valence-corrected chi connectivity index (χ1v) is 6.67. The summed E-state index contributed by atoms with van der Waals surface area (Å²) >= 11 is 0. The number of aliphatic hydroxyl groups is 1. The molecule has 1 aliphatic heterocycles. The van der Waals surface area contributed by atoms with E-state index in [9.17, 15) is 5.11 Å². The van der Waals surface area contributed by atoms with Crippen molar-refractivity contribution in [2.75, 3.05) is 0 Å². The maximum absolute atomic E-state index is 11.3. The molecule has 0 aromatic heterocycles. The van der Waals surface area contributed by atoms with Crippen molar-refractivity contribution in [1.29, 1.82) is 0 Å². The molecule has 0 spiro atoms. The predicted molar refractivity (Wildman–Crippen MR) is 77.4 cm³/mol.